The Morgan fingerprint density at radius 1 is 1.24 bits per heavy atom. The molecule has 1 fully saturated rings. The van der Waals surface area contributed by atoms with Crippen LogP contribution in [-0.4, -0.2) is 41.4 Å². The zero-order valence-corrected chi connectivity index (χ0v) is 10.4. The SMILES string of the molecule is CC1(C)OC(=O)C(CN2CCCCC2)=C(O)O1. The molecule has 2 heterocycles. The third kappa shape index (κ3) is 2.91. The lowest BCUT2D eigenvalue weighted by atomic mass is 10.1. The lowest BCUT2D eigenvalue weighted by Crippen LogP contribution is -2.41. The van der Waals surface area contributed by atoms with E-state index in [1.807, 2.05) is 0 Å². The van der Waals surface area contributed by atoms with Crippen molar-refractivity contribution >= 4 is 5.97 Å². The van der Waals surface area contributed by atoms with Gasteiger partial charge in [0.1, 0.15) is 5.57 Å². The van der Waals surface area contributed by atoms with Crippen LogP contribution in [0, 0.1) is 0 Å². The third-order valence-electron chi connectivity index (χ3n) is 3.02. The topological polar surface area (TPSA) is 59.0 Å². The van der Waals surface area contributed by atoms with Crippen molar-refractivity contribution in [2.75, 3.05) is 19.6 Å². The van der Waals surface area contributed by atoms with Gasteiger partial charge < -0.3 is 14.6 Å². The summed E-state index contributed by atoms with van der Waals surface area (Å²) in [4.78, 5) is 13.9. The monoisotopic (exact) mass is 241 g/mol. The fourth-order valence-electron chi connectivity index (χ4n) is 2.16. The number of aliphatic hydroxyl groups is 1. The van der Waals surface area contributed by atoms with Crippen LogP contribution in [0.2, 0.25) is 0 Å². The van der Waals surface area contributed by atoms with Crippen LogP contribution in [-0.2, 0) is 14.3 Å². The molecule has 0 bridgehead atoms. The lowest BCUT2D eigenvalue weighted by Gasteiger charge is -2.33. The maximum atomic E-state index is 11.7. The summed E-state index contributed by atoms with van der Waals surface area (Å²) in [5, 5.41) is 9.74. The average molecular weight is 241 g/mol. The molecule has 0 saturated carbocycles. The van der Waals surface area contributed by atoms with Gasteiger partial charge in [0.05, 0.1) is 0 Å². The molecule has 1 N–H and O–H groups in total. The van der Waals surface area contributed by atoms with Gasteiger partial charge in [-0.15, -0.1) is 0 Å². The Labute approximate surface area is 101 Å². The minimum atomic E-state index is -1.08. The molecule has 0 spiro atoms. The van der Waals surface area contributed by atoms with Gasteiger partial charge >= 0.3 is 5.97 Å². The number of aliphatic hydroxyl groups excluding tert-OH is 1. The van der Waals surface area contributed by atoms with Gasteiger partial charge in [0.2, 0.25) is 0 Å². The summed E-state index contributed by atoms with van der Waals surface area (Å²) in [6, 6.07) is 0. The molecular formula is C12H19NO4. The summed E-state index contributed by atoms with van der Waals surface area (Å²) >= 11 is 0. The fourth-order valence-corrected chi connectivity index (χ4v) is 2.16. The van der Waals surface area contributed by atoms with Crippen LogP contribution < -0.4 is 0 Å². The number of likely N-dealkylation sites (tertiary alicyclic amines) is 1. The van der Waals surface area contributed by atoms with Crippen LogP contribution in [0.5, 0.6) is 0 Å². The van der Waals surface area contributed by atoms with Gasteiger partial charge in [-0.25, -0.2) is 4.79 Å². The smallest absolute Gasteiger partial charge is 0.345 e. The van der Waals surface area contributed by atoms with E-state index in [1.165, 1.54) is 6.42 Å². The van der Waals surface area contributed by atoms with Crippen molar-refractivity contribution in [3.05, 3.63) is 11.5 Å². The van der Waals surface area contributed by atoms with E-state index in [-0.39, 0.29) is 11.5 Å². The van der Waals surface area contributed by atoms with Gasteiger partial charge in [-0.2, -0.15) is 0 Å². The molecule has 0 aromatic rings. The highest BCUT2D eigenvalue weighted by Crippen LogP contribution is 2.26. The Balaban J connectivity index is 2.06. The summed E-state index contributed by atoms with van der Waals surface area (Å²) in [5.74, 6) is -1.85. The van der Waals surface area contributed by atoms with Crippen LogP contribution in [0.3, 0.4) is 0 Å². The Morgan fingerprint density at radius 2 is 1.88 bits per heavy atom. The molecule has 2 aliphatic rings. The molecule has 1 saturated heterocycles. The molecule has 0 aromatic carbocycles. The van der Waals surface area contributed by atoms with E-state index in [2.05, 4.69) is 4.90 Å². The molecule has 2 aliphatic heterocycles. The summed E-state index contributed by atoms with van der Waals surface area (Å²) in [5.41, 5.74) is 0.228. The maximum absolute atomic E-state index is 11.7. The molecule has 5 nitrogen and oxygen atoms in total. The van der Waals surface area contributed by atoms with E-state index in [0.717, 1.165) is 25.9 Å². The van der Waals surface area contributed by atoms with Crippen molar-refractivity contribution in [2.45, 2.75) is 38.9 Å². The Hall–Kier alpha value is -1.23. The molecule has 96 valence electrons. The first kappa shape index (κ1) is 12.2. The number of cyclic esters (lactones) is 1. The standard InChI is InChI=1S/C12H19NO4/c1-12(2)16-10(14)9(11(15)17-12)8-13-6-4-3-5-7-13/h14H,3-8H2,1-2H3. The maximum Gasteiger partial charge on any atom is 0.345 e. The Bertz CT molecular complexity index is 342. The number of piperidine rings is 1. The lowest BCUT2D eigenvalue weighted by molar-refractivity contribution is -0.222. The van der Waals surface area contributed by atoms with Crippen LogP contribution in [0.25, 0.3) is 0 Å². The quantitative estimate of drug-likeness (QED) is 0.743. The highest BCUT2D eigenvalue weighted by Gasteiger charge is 2.36. The number of hydrogen-bond donors (Lipinski definition) is 1. The second-order valence-corrected chi connectivity index (χ2v) is 5.01. The van der Waals surface area contributed by atoms with E-state index >= 15 is 0 Å². The Morgan fingerprint density at radius 3 is 2.47 bits per heavy atom. The zero-order chi connectivity index (χ0) is 12.5. The number of esters is 1. The summed E-state index contributed by atoms with van der Waals surface area (Å²) in [6.45, 7) is 5.50. The minimum Gasteiger partial charge on any atom is -0.480 e. The van der Waals surface area contributed by atoms with Gasteiger partial charge in [-0.3, -0.25) is 4.90 Å². The van der Waals surface area contributed by atoms with E-state index in [1.54, 1.807) is 13.8 Å². The van der Waals surface area contributed by atoms with Crippen molar-refractivity contribution in [3.8, 4) is 0 Å². The van der Waals surface area contributed by atoms with Crippen molar-refractivity contribution in [2.24, 2.45) is 0 Å². The minimum absolute atomic E-state index is 0.228. The number of nitrogens with zero attached hydrogens (tertiary/aromatic N) is 1. The molecule has 17 heavy (non-hydrogen) atoms. The van der Waals surface area contributed by atoms with Crippen molar-refractivity contribution < 1.29 is 19.4 Å². The van der Waals surface area contributed by atoms with E-state index in [0.29, 0.717) is 6.54 Å². The first-order valence-corrected chi connectivity index (χ1v) is 6.05. The highest BCUT2D eigenvalue weighted by atomic mass is 16.8. The predicted molar refractivity (Wildman–Crippen MR) is 61.2 cm³/mol. The first-order chi connectivity index (χ1) is 7.98. The normalized spacial score (nSPS) is 25.4. The molecule has 0 atom stereocenters. The van der Waals surface area contributed by atoms with Gasteiger partial charge in [0.25, 0.3) is 11.7 Å². The molecule has 0 aromatic heterocycles. The summed E-state index contributed by atoms with van der Waals surface area (Å²) < 4.78 is 10.3. The molecule has 0 unspecified atom stereocenters. The molecule has 0 radical (unpaired) electrons. The number of carbonyl (C=O) groups is 1. The molecule has 5 heteroatoms. The molecule has 0 aliphatic carbocycles. The van der Waals surface area contributed by atoms with Crippen LogP contribution in [0.1, 0.15) is 33.1 Å². The highest BCUT2D eigenvalue weighted by molar-refractivity contribution is 5.90. The van der Waals surface area contributed by atoms with Crippen LogP contribution >= 0.6 is 0 Å². The largest absolute Gasteiger partial charge is 0.480 e. The van der Waals surface area contributed by atoms with Crippen molar-refractivity contribution in [1.29, 1.82) is 0 Å². The van der Waals surface area contributed by atoms with E-state index < -0.39 is 11.8 Å². The fraction of sp³-hybridized carbons (Fsp3) is 0.750. The summed E-state index contributed by atoms with van der Waals surface area (Å²) in [7, 11) is 0. The average Bonchev–Trinajstić information content (AvgIpc) is 2.24. The Kier molecular flexibility index (Phi) is 3.28. The second-order valence-electron chi connectivity index (χ2n) is 5.01. The van der Waals surface area contributed by atoms with E-state index in [4.69, 9.17) is 9.47 Å². The zero-order valence-electron chi connectivity index (χ0n) is 10.4. The second kappa shape index (κ2) is 4.56. The summed E-state index contributed by atoms with van der Waals surface area (Å²) in [6.07, 6.45) is 3.50. The molecular weight excluding hydrogens is 222 g/mol. The molecule has 2 rings (SSSR count). The number of carbonyl (C=O) groups excluding carboxylic acids is 1. The van der Waals surface area contributed by atoms with Gasteiger partial charge in [-0.05, 0) is 25.9 Å². The van der Waals surface area contributed by atoms with Crippen molar-refractivity contribution in [1.82, 2.24) is 4.90 Å². The predicted octanol–water partition coefficient (Wildman–Crippen LogP) is 1.55. The van der Waals surface area contributed by atoms with E-state index in [9.17, 15) is 9.90 Å². The van der Waals surface area contributed by atoms with Gasteiger partial charge in [0.15, 0.2) is 0 Å². The third-order valence-corrected chi connectivity index (χ3v) is 3.02. The van der Waals surface area contributed by atoms with Gasteiger partial charge in [0, 0.05) is 20.4 Å². The van der Waals surface area contributed by atoms with Crippen molar-refractivity contribution in [3.63, 3.8) is 0 Å². The number of ether oxygens (including phenoxy) is 2. The van der Waals surface area contributed by atoms with Gasteiger partial charge in [-0.1, -0.05) is 6.42 Å². The number of hydrogen-bond acceptors (Lipinski definition) is 5. The molecule has 0 amide bonds. The number of rotatable bonds is 2. The van der Waals surface area contributed by atoms with Crippen LogP contribution in [0.4, 0.5) is 0 Å². The first-order valence-electron chi connectivity index (χ1n) is 6.05. The van der Waals surface area contributed by atoms with Crippen LogP contribution in [0.15, 0.2) is 11.5 Å².